The summed E-state index contributed by atoms with van der Waals surface area (Å²) in [5.41, 5.74) is 6.83. The Morgan fingerprint density at radius 3 is 2.33 bits per heavy atom. The Bertz CT molecular complexity index is 557. The van der Waals surface area contributed by atoms with Crippen molar-refractivity contribution in [1.29, 1.82) is 0 Å². The van der Waals surface area contributed by atoms with Crippen molar-refractivity contribution >= 4 is 0 Å². The van der Waals surface area contributed by atoms with Crippen molar-refractivity contribution in [1.82, 2.24) is 0 Å². The van der Waals surface area contributed by atoms with Gasteiger partial charge in [-0.05, 0) is 48.7 Å². The summed E-state index contributed by atoms with van der Waals surface area (Å²) in [6, 6.07) is 14.0. The van der Waals surface area contributed by atoms with Crippen molar-refractivity contribution in [2.75, 3.05) is 20.3 Å². The number of hydrogen-bond donors (Lipinski definition) is 1. The lowest BCUT2D eigenvalue weighted by Crippen LogP contribution is -2.15. The lowest BCUT2D eigenvalue weighted by atomic mass is 9.96. The van der Waals surface area contributed by atoms with Gasteiger partial charge in [0.25, 0.3) is 0 Å². The molecule has 0 saturated carbocycles. The Hall–Kier alpha value is -2.07. The Labute approximate surface area is 124 Å². The van der Waals surface area contributed by atoms with E-state index >= 15 is 0 Å². The molecule has 2 N–H and O–H groups in total. The van der Waals surface area contributed by atoms with Crippen LogP contribution >= 0.6 is 0 Å². The molecule has 1 atom stereocenters. The van der Waals surface area contributed by atoms with E-state index in [1.807, 2.05) is 24.3 Å². The Morgan fingerprint density at radius 2 is 1.71 bits per heavy atom. The van der Waals surface area contributed by atoms with Gasteiger partial charge in [-0.1, -0.05) is 24.3 Å². The third kappa shape index (κ3) is 4.20. The number of ether oxygens (including phenoxy) is 2. The van der Waals surface area contributed by atoms with E-state index < -0.39 is 0 Å². The predicted octanol–water partition coefficient (Wildman–Crippen LogP) is 3.35. The quantitative estimate of drug-likeness (QED) is 0.850. The number of nitrogens with two attached hydrogens (primary N) is 1. The second-order valence-corrected chi connectivity index (χ2v) is 4.77. The fraction of sp³-hybridized carbons (Fsp3) is 0.294. The topological polar surface area (TPSA) is 44.5 Å². The van der Waals surface area contributed by atoms with Gasteiger partial charge < -0.3 is 15.2 Å². The molecule has 112 valence electrons. The number of benzene rings is 2. The highest BCUT2D eigenvalue weighted by atomic mass is 19.1. The first-order valence-electron chi connectivity index (χ1n) is 6.96. The normalized spacial score (nSPS) is 12.0. The van der Waals surface area contributed by atoms with Gasteiger partial charge in [0.1, 0.15) is 5.82 Å². The van der Waals surface area contributed by atoms with Crippen LogP contribution in [-0.2, 0) is 0 Å². The van der Waals surface area contributed by atoms with Gasteiger partial charge in [0.15, 0.2) is 11.5 Å². The predicted molar refractivity (Wildman–Crippen MR) is 81.3 cm³/mol. The van der Waals surface area contributed by atoms with Gasteiger partial charge >= 0.3 is 0 Å². The highest BCUT2D eigenvalue weighted by molar-refractivity contribution is 5.39. The number of para-hydroxylation sites is 2. The molecule has 0 aliphatic rings. The highest BCUT2D eigenvalue weighted by Crippen LogP contribution is 2.27. The lowest BCUT2D eigenvalue weighted by Gasteiger charge is -2.16. The summed E-state index contributed by atoms with van der Waals surface area (Å²) in [5.74, 6) is 1.35. The minimum Gasteiger partial charge on any atom is -0.493 e. The van der Waals surface area contributed by atoms with Crippen LogP contribution in [0.2, 0.25) is 0 Å². The van der Waals surface area contributed by atoms with Crippen LogP contribution < -0.4 is 15.2 Å². The molecule has 2 aromatic rings. The van der Waals surface area contributed by atoms with Crippen LogP contribution in [0.5, 0.6) is 11.5 Å². The van der Waals surface area contributed by atoms with Gasteiger partial charge in [-0.3, -0.25) is 0 Å². The molecule has 0 aliphatic heterocycles. The largest absolute Gasteiger partial charge is 0.493 e. The van der Waals surface area contributed by atoms with Crippen LogP contribution in [0.3, 0.4) is 0 Å². The molecule has 0 amide bonds. The zero-order valence-corrected chi connectivity index (χ0v) is 12.1. The Balaban J connectivity index is 1.93. The van der Waals surface area contributed by atoms with Gasteiger partial charge in [0, 0.05) is 0 Å². The summed E-state index contributed by atoms with van der Waals surface area (Å²) in [4.78, 5) is 0. The van der Waals surface area contributed by atoms with E-state index in [2.05, 4.69) is 0 Å². The lowest BCUT2D eigenvalue weighted by molar-refractivity contribution is 0.280. The van der Waals surface area contributed by atoms with Crippen molar-refractivity contribution < 1.29 is 13.9 Å². The van der Waals surface area contributed by atoms with E-state index in [0.29, 0.717) is 18.9 Å². The van der Waals surface area contributed by atoms with Gasteiger partial charge in [0.05, 0.1) is 13.7 Å². The highest BCUT2D eigenvalue weighted by Gasteiger charge is 2.11. The minimum absolute atomic E-state index is 0.153. The van der Waals surface area contributed by atoms with Crippen LogP contribution in [0.25, 0.3) is 0 Å². The third-order valence-corrected chi connectivity index (χ3v) is 3.42. The first-order chi connectivity index (χ1) is 10.2. The van der Waals surface area contributed by atoms with Crippen LogP contribution in [0.1, 0.15) is 17.9 Å². The van der Waals surface area contributed by atoms with Gasteiger partial charge in [-0.2, -0.15) is 0 Å². The van der Waals surface area contributed by atoms with Crippen molar-refractivity contribution in [3.05, 3.63) is 59.9 Å². The number of hydrogen-bond acceptors (Lipinski definition) is 3. The molecule has 2 rings (SSSR count). The van der Waals surface area contributed by atoms with E-state index in [-0.39, 0.29) is 11.7 Å². The van der Waals surface area contributed by atoms with Crippen molar-refractivity contribution in [3.63, 3.8) is 0 Å². The summed E-state index contributed by atoms with van der Waals surface area (Å²) in [5, 5.41) is 0. The molecule has 0 fully saturated rings. The minimum atomic E-state index is -0.236. The molecule has 0 aliphatic carbocycles. The number of rotatable bonds is 7. The molecule has 2 aromatic carbocycles. The first kappa shape index (κ1) is 15.3. The van der Waals surface area contributed by atoms with E-state index in [1.165, 1.54) is 12.1 Å². The maximum absolute atomic E-state index is 12.9. The van der Waals surface area contributed by atoms with Crippen molar-refractivity contribution in [2.45, 2.75) is 12.3 Å². The average molecular weight is 289 g/mol. The van der Waals surface area contributed by atoms with Crippen LogP contribution in [0, 0.1) is 5.82 Å². The number of halogens is 1. The zero-order chi connectivity index (χ0) is 15.1. The Kier molecular flexibility index (Phi) is 5.58. The van der Waals surface area contributed by atoms with Crippen LogP contribution in [0.15, 0.2) is 48.5 Å². The molecule has 21 heavy (non-hydrogen) atoms. The van der Waals surface area contributed by atoms with E-state index in [0.717, 1.165) is 17.7 Å². The summed E-state index contributed by atoms with van der Waals surface area (Å²) >= 11 is 0. The van der Waals surface area contributed by atoms with Crippen molar-refractivity contribution in [2.24, 2.45) is 5.73 Å². The molecule has 0 bridgehead atoms. The SMILES string of the molecule is COc1ccccc1OCCC(CN)c1ccc(F)cc1. The second kappa shape index (κ2) is 7.64. The average Bonchev–Trinajstić information content (AvgIpc) is 2.53. The molecule has 0 heterocycles. The summed E-state index contributed by atoms with van der Waals surface area (Å²) in [7, 11) is 1.61. The molecule has 0 saturated heterocycles. The molecular weight excluding hydrogens is 269 g/mol. The maximum Gasteiger partial charge on any atom is 0.161 e. The molecule has 3 nitrogen and oxygen atoms in total. The standard InChI is InChI=1S/C17H20FNO2/c1-20-16-4-2-3-5-17(16)21-11-10-14(12-19)13-6-8-15(18)9-7-13/h2-9,14H,10-12,19H2,1H3. The zero-order valence-electron chi connectivity index (χ0n) is 12.1. The summed E-state index contributed by atoms with van der Waals surface area (Å²) in [6.45, 7) is 1.03. The van der Waals surface area contributed by atoms with E-state index in [1.54, 1.807) is 19.2 Å². The van der Waals surface area contributed by atoms with Gasteiger partial charge in [-0.25, -0.2) is 4.39 Å². The molecule has 1 unspecified atom stereocenters. The van der Waals surface area contributed by atoms with Gasteiger partial charge in [0.2, 0.25) is 0 Å². The second-order valence-electron chi connectivity index (χ2n) is 4.77. The van der Waals surface area contributed by atoms with E-state index in [9.17, 15) is 4.39 Å². The van der Waals surface area contributed by atoms with Crippen LogP contribution in [0.4, 0.5) is 4.39 Å². The molecule has 0 radical (unpaired) electrons. The van der Waals surface area contributed by atoms with Crippen molar-refractivity contribution in [3.8, 4) is 11.5 Å². The summed E-state index contributed by atoms with van der Waals surface area (Å²) < 4.78 is 23.9. The molecule has 4 heteroatoms. The Morgan fingerprint density at radius 1 is 1.05 bits per heavy atom. The molecule has 0 spiro atoms. The fourth-order valence-corrected chi connectivity index (χ4v) is 2.20. The smallest absolute Gasteiger partial charge is 0.161 e. The first-order valence-corrected chi connectivity index (χ1v) is 6.96. The molecular formula is C17H20FNO2. The fourth-order valence-electron chi connectivity index (χ4n) is 2.20. The summed E-state index contributed by atoms with van der Waals surface area (Å²) in [6.07, 6.45) is 0.764. The maximum atomic E-state index is 12.9. The molecule has 0 aromatic heterocycles. The number of methoxy groups -OCH3 is 1. The van der Waals surface area contributed by atoms with Crippen LogP contribution in [-0.4, -0.2) is 20.3 Å². The van der Waals surface area contributed by atoms with E-state index in [4.69, 9.17) is 15.2 Å². The monoisotopic (exact) mass is 289 g/mol. The third-order valence-electron chi connectivity index (χ3n) is 3.42. The van der Waals surface area contributed by atoms with Gasteiger partial charge in [-0.15, -0.1) is 0 Å².